The summed E-state index contributed by atoms with van der Waals surface area (Å²) in [5, 5.41) is 4.50. The van der Waals surface area contributed by atoms with E-state index in [9.17, 15) is 4.79 Å². The summed E-state index contributed by atoms with van der Waals surface area (Å²) in [5.41, 5.74) is 1.62. The van der Waals surface area contributed by atoms with Gasteiger partial charge < -0.3 is 4.67 Å². The van der Waals surface area contributed by atoms with Gasteiger partial charge in [-0.2, -0.15) is 5.10 Å². The van der Waals surface area contributed by atoms with Crippen LogP contribution in [0.15, 0.2) is 35.4 Å². The van der Waals surface area contributed by atoms with Gasteiger partial charge in [-0.05, 0) is 6.92 Å². The Morgan fingerprint density at radius 1 is 1.22 bits per heavy atom. The zero-order valence-corrected chi connectivity index (χ0v) is 12.9. The molecule has 0 saturated heterocycles. The highest BCUT2D eigenvalue weighted by atomic mass is 28.3. The second kappa shape index (κ2) is 5.95. The van der Waals surface area contributed by atoms with Crippen molar-refractivity contribution in [2.24, 2.45) is 5.10 Å². The first-order chi connectivity index (χ1) is 8.30. The molecule has 3 nitrogen and oxygen atoms in total. The molecule has 0 amide bonds. The normalized spacial score (nSPS) is 12.4. The van der Waals surface area contributed by atoms with Crippen molar-refractivity contribution in [3.05, 3.63) is 35.9 Å². The first-order valence-electron chi connectivity index (χ1n) is 6.17. The van der Waals surface area contributed by atoms with Gasteiger partial charge in [0.2, 0.25) is 0 Å². The zero-order chi connectivity index (χ0) is 13.8. The zero-order valence-electron chi connectivity index (χ0n) is 11.9. The van der Waals surface area contributed by atoms with Crippen LogP contribution in [0.2, 0.25) is 19.6 Å². The van der Waals surface area contributed by atoms with Crippen LogP contribution in [0.5, 0.6) is 0 Å². The van der Waals surface area contributed by atoms with Crippen LogP contribution in [0.3, 0.4) is 0 Å². The molecule has 1 aromatic carbocycles. The van der Waals surface area contributed by atoms with Crippen LogP contribution in [0, 0.1) is 0 Å². The quantitative estimate of drug-likeness (QED) is 0.352. The van der Waals surface area contributed by atoms with Gasteiger partial charge in [0, 0.05) is 18.3 Å². The third-order valence-corrected chi connectivity index (χ3v) is 4.85. The molecule has 0 fully saturated rings. The van der Waals surface area contributed by atoms with Gasteiger partial charge in [0.25, 0.3) is 0 Å². The molecule has 0 N–H and O–H groups in total. The minimum atomic E-state index is -1.42. The Balaban J connectivity index is 2.68. The van der Waals surface area contributed by atoms with Gasteiger partial charge >= 0.3 is 0 Å². The van der Waals surface area contributed by atoms with E-state index in [1.165, 1.54) is 0 Å². The average Bonchev–Trinajstić information content (AvgIpc) is 2.28. The predicted octanol–water partition coefficient (Wildman–Crippen LogP) is 3.40. The first kappa shape index (κ1) is 14.6. The lowest BCUT2D eigenvalue weighted by Crippen LogP contribution is -2.39. The van der Waals surface area contributed by atoms with Crippen LogP contribution in [-0.2, 0) is 0 Å². The number of rotatable bonds is 5. The van der Waals surface area contributed by atoms with Crippen molar-refractivity contribution in [1.82, 2.24) is 4.67 Å². The van der Waals surface area contributed by atoms with E-state index in [2.05, 4.69) is 24.7 Å². The number of benzene rings is 1. The monoisotopic (exact) mass is 262 g/mol. The number of hydrazone groups is 1. The summed E-state index contributed by atoms with van der Waals surface area (Å²) in [6.07, 6.45) is 0.388. The Kier molecular flexibility index (Phi) is 4.84. The van der Waals surface area contributed by atoms with Crippen LogP contribution in [-0.4, -0.2) is 31.5 Å². The molecule has 1 rings (SSSR count). The molecule has 0 aromatic heterocycles. The van der Waals surface area contributed by atoms with Crippen LogP contribution in [0.1, 0.15) is 23.7 Å². The average molecular weight is 262 g/mol. The lowest BCUT2D eigenvalue weighted by atomic mass is 10.1. The van der Waals surface area contributed by atoms with Crippen LogP contribution in [0.25, 0.3) is 0 Å². The number of ketones is 1. The SMILES string of the molecule is CC(CC(=O)c1ccccc1)=NN(C)[Si](C)(C)C. The number of Topliss-reactive ketones (excluding diaryl/α,β-unsaturated/α-hetero) is 1. The molecule has 4 heteroatoms. The molecule has 98 valence electrons. The maximum absolute atomic E-state index is 12.0. The second-order valence-electron chi connectivity index (χ2n) is 5.50. The van der Waals surface area contributed by atoms with Crippen molar-refractivity contribution in [3.63, 3.8) is 0 Å². The fourth-order valence-corrected chi connectivity index (χ4v) is 1.87. The molecule has 0 atom stereocenters. The standard InChI is InChI=1S/C14H22N2OSi/c1-12(15-16(2)18(3,4)5)11-14(17)13-9-7-6-8-10-13/h6-10H,11H2,1-5H3. The smallest absolute Gasteiger partial charge is 0.168 e. The summed E-state index contributed by atoms with van der Waals surface area (Å²) < 4.78 is 2.03. The van der Waals surface area contributed by atoms with E-state index in [1.54, 1.807) is 0 Å². The third kappa shape index (κ3) is 4.45. The van der Waals surface area contributed by atoms with Gasteiger partial charge in [0.05, 0.1) is 6.42 Å². The number of carbonyl (C=O) groups is 1. The topological polar surface area (TPSA) is 32.7 Å². The second-order valence-corrected chi connectivity index (χ2v) is 10.5. The van der Waals surface area contributed by atoms with E-state index in [1.807, 2.05) is 49.0 Å². The molecular formula is C14H22N2OSi. The van der Waals surface area contributed by atoms with Crippen LogP contribution in [0.4, 0.5) is 0 Å². The molecule has 0 saturated carbocycles. The molecule has 1 aromatic rings. The largest absolute Gasteiger partial charge is 0.328 e. The molecule has 0 aliphatic rings. The number of nitrogens with zero attached hydrogens (tertiary/aromatic N) is 2. The Hall–Kier alpha value is -1.42. The Bertz CT molecular complexity index is 435. The van der Waals surface area contributed by atoms with E-state index >= 15 is 0 Å². The minimum Gasteiger partial charge on any atom is -0.328 e. The fraction of sp³-hybridized carbons (Fsp3) is 0.429. The maximum Gasteiger partial charge on any atom is 0.168 e. The number of carbonyl (C=O) groups excluding carboxylic acids is 1. The number of hydrogen-bond donors (Lipinski definition) is 0. The van der Waals surface area contributed by atoms with Gasteiger partial charge in [-0.3, -0.25) is 4.79 Å². The van der Waals surface area contributed by atoms with E-state index in [0.717, 1.165) is 11.3 Å². The van der Waals surface area contributed by atoms with E-state index in [-0.39, 0.29) is 5.78 Å². The van der Waals surface area contributed by atoms with Crippen molar-refractivity contribution in [3.8, 4) is 0 Å². The molecule has 0 bridgehead atoms. The van der Waals surface area contributed by atoms with Crippen molar-refractivity contribution in [2.45, 2.75) is 33.0 Å². The summed E-state index contributed by atoms with van der Waals surface area (Å²) in [4.78, 5) is 12.0. The molecule has 0 unspecified atom stereocenters. The molecular weight excluding hydrogens is 240 g/mol. The maximum atomic E-state index is 12.0. The fourth-order valence-electron chi connectivity index (χ4n) is 1.40. The van der Waals surface area contributed by atoms with Crippen molar-refractivity contribution >= 4 is 19.7 Å². The van der Waals surface area contributed by atoms with Gasteiger partial charge in [-0.1, -0.05) is 50.0 Å². The summed E-state index contributed by atoms with van der Waals surface area (Å²) >= 11 is 0. The van der Waals surface area contributed by atoms with Gasteiger partial charge in [0.1, 0.15) is 0 Å². The Morgan fingerprint density at radius 3 is 2.28 bits per heavy atom. The lowest BCUT2D eigenvalue weighted by molar-refractivity contribution is 0.1000. The summed E-state index contributed by atoms with van der Waals surface area (Å²) in [6, 6.07) is 9.37. The van der Waals surface area contributed by atoms with E-state index in [0.29, 0.717) is 6.42 Å². The highest BCUT2D eigenvalue weighted by Gasteiger charge is 2.19. The molecule has 0 radical (unpaired) electrons. The lowest BCUT2D eigenvalue weighted by Gasteiger charge is -2.27. The molecule has 0 aliphatic heterocycles. The summed E-state index contributed by atoms with van der Waals surface area (Å²) in [7, 11) is 0.570. The van der Waals surface area contributed by atoms with Crippen LogP contribution >= 0.6 is 0 Å². The molecule has 0 heterocycles. The van der Waals surface area contributed by atoms with E-state index in [4.69, 9.17) is 0 Å². The summed E-state index contributed by atoms with van der Waals surface area (Å²) in [6.45, 7) is 8.59. The minimum absolute atomic E-state index is 0.126. The van der Waals surface area contributed by atoms with Crippen LogP contribution < -0.4 is 0 Å². The highest BCUT2D eigenvalue weighted by Crippen LogP contribution is 2.09. The van der Waals surface area contributed by atoms with E-state index < -0.39 is 8.24 Å². The summed E-state index contributed by atoms with van der Waals surface area (Å²) in [5.74, 6) is 0.126. The van der Waals surface area contributed by atoms with Gasteiger partial charge in [-0.25, -0.2) is 0 Å². The Morgan fingerprint density at radius 2 is 1.78 bits per heavy atom. The number of hydrogen-bond acceptors (Lipinski definition) is 3. The van der Waals surface area contributed by atoms with Crippen molar-refractivity contribution < 1.29 is 4.79 Å². The first-order valence-corrected chi connectivity index (χ1v) is 9.61. The molecule has 18 heavy (non-hydrogen) atoms. The molecule has 0 aliphatic carbocycles. The predicted molar refractivity (Wildman–Crippen MR) is 79.6 cm³/mol. The highest BCUT2D eigenvalue weighted by molar-refractivity contribution is 6.73. The third-order valence-electron chi connectivity index (χ3n) is 2.80. The van der Waals surface area contributed by atoms with Gasteiger partial charge in [-0.15, -0.1) is 0 Å². The Labute approximate surface area is 111 Å². The van der Waals surface area contributed by atoms with Crippen molar-refractivity contribution in [1.29, 1.82) is 0 Å². The molecule has 0 spiro atoms. The van der Waals surface area contributed by atoms with Gasteiger partial charge in [0.15, 0.2) is 14.0 Å². The van der Waals surface area contributed by atoms with Crippen molar-refractivity contribution in [2.75, 3.05) is 7.05 Å².